The monoisotopic (exact) mass is 348 g/mol. The normalized spacial score (nSPS) is 14.7. The third kappa shape index (κ3) is 4.03. The van der Waals surface area contributed by atoms with E-state index in [9.17, 15) is 9.59 Å². The summed E-state index contributed by atoms with van der Waals surface area (Å²) in [6.07, 6.45) is 3.84. The highest BCUT2D eigenvalue weighted by Gasteiger charge is 2.24. The summed E-state index contributed by atoms with van der Waals surface area (Å²) in [6.45, 7) is 2.26. The number of hydrogen-bond acceptors (Lipinski definition) is 6. The van der Waals surface area contributed by atoms with E-state index in [0.717, 1.165) is 41.6 Å². The van der Waals surface area contributed by atoms with Gasteiger partial charge >= 0.3 is 5.97 Å². The first-order valence-corrected chi connectivity index (χ1v) is 8.97. The largest absolute Gasteiger partial charge is 0.494 e. The first-order valence-electron chi connectivity index (χ1n) is 8.15. The van der Waals surface area contributed by atoms with Crippen LogP contribution in [0.15, 0.2) is 18.2 Å². The van der Waals surface area contributed by atoms with E-state index in [-0.39, 0.29) is 24.4 Å². The molecule has 0 bridgehead atoms. The van der Waals surface area contributed by atoms with Crippen molar-refractivity contribution in [2.24, 2.45) is 5.92 Å². The molecule has 1 aromatic carbocycles. The Kier molecular flexibility index (Phi) is 5.30. The number of nitrogens with zero attached hydrogens (tertiary/aromatic N) is 1. The number of esters is 1. The van der Waals surface area contributed by atoms with Gasteiger partial charge in [0.1, 0.15) is 5.75 Å². The molecule has 3 rings (SSSR count). The minimum absolute atomic E-state index is 0.0442. The average molecular weight is 348 g/mol. The lowest BCUT2D eigenvalue weighted by Gasteiger charge is -2.08. The van der Waals surface area contributed by atoms with Gasteiger partial charge in [-0.3, -0.25) is 14.9 Å². The molecule has 0 radical (unpaired) electrons. The lowest BCUT2D eigenvalue weighted by molar-refractivity contribution is -0.151. The van der Waals surface area contributed by atoms with Gasteiger partial charge in [0.2, 0.25) is 0 Å². The molecule has 0 atom stereocenters. The standard InChI is InChI=1S/C17H20N2O4S/c1-2-22-12-7-8-13-14(9-12)24-17(18-13)19-15(20)10-23-16(21)11-5-3-4-6-11/h7-9,11H,2-6,10H2,1H3,(H,18,19,20). The van der Waals surface area contributed by atoms with Crippen molar-refractivity contribution in [3.8, 4) is 5.75 Å². The summed E-state index contributed by atoms with van der Waals surface area (Å²) in [5, 5.41) is 3.17. The second kappa shape index (κ2) is 7.61. The minimum Gasteiger partial charge on any atom is -0.494 e. The zero-order chi connectivity index (χ0) is 16.9. The fourth-order valence-electron chi connectivity index (χ4n) is 2.79. The maximum Gasteiger partial charge on any atom is 0.309 e. The van der Waals surface area contributed by atoms with Gasteiger partial charge < -0.3 is 9.47 Å². The van der Waals surface area contributed by atoms with Crippen LogP contribution < -0.4 is 10.1 Å². The van der Waals surface area contributed by atoms with E-state index in [1.54, 1.807) is 0 Å². The van der Waals surface area contributed by atoms with Crippen LogP contribution in [-0.2, 0) is 14.3 Å². The molecular formula is C17H20N2O4S. The number of ether oxygens (including phenoxy) is 2. The zero-order valence-corrected chi connectivity index (χ0v) is 14.4. The molecule has 0 saturated heterocycles. The number of fused-ring (bicyclic) bond motifs is 1. The molecule has 7 heteroatoms. The van der Waals surface area contributed by atoms with Crippen molar-refractivity contribution in [3.05, 3.63) is 18.2 Å². The molecule has 0 unspecified atom stereocenters. The highest BCUT2D eigenvalue weighted by molar-refractivity contribution is 7.22. The van der Waals surface area contributed by atoms with E-state index in [4.69, 9.17) is 9.47 Å². The number of anilines is 1. The summed E-state index contributed by atoms with van der Waals surface area (Å²) >= 11 is 1.36. The highest BCUT2D eigenvalue weighted by atomic mass is 32.1. The molecular weight excluding hydrogens is 328 g/mol. The van der Waals surface area contributed by atoms with Crippen molar-refractivity contribution < 1.29 is 19.1 Å². The second-order valence-corrected chi connectivity index (χ2v) is 6.75. The summed E-state index contributed by atoms with van der Waals surface area (Å²) in [4.78, 5) is 28.1. The van der Waals surface area contributed by atoms with Gasteiger partial charge in [-0.1, -0.05) is 24.2 Å². The Balaban J connectivity index is 1.55. The van der Waals surface area contributed by atoms with Crippen LogP contribution >= 0.6 is 11.3 Å². The van der Waals surface area contributed by atoms with Crippen LogP contribution in [0.4, 0.5) is 5.13 Å². The van der Waals surface area contributed by atoms with Gasteiger partial charge in [-0.05, 0) is 38.0 Å². The van der Waals surface area contributed by atoms with E-state index in [0.29, 0.717) is 11.7 Å². The van der Waals surface area contributed by atoms with Crippen LogP contribution in [0.25, 0.3) is 10.2 Å². The van der Waals surface area contributed by atoms with Gasteiger partial charge in [0, 0.05) is 0 Å². The van der Waals surface area contributed by atoms with Crippen molar-refractivity contribution >= 4 is 38.6 Å². The Bertz CT molecular complexity index is 737. The summed E-state index contributed by atoms with van der Waals surface area (Å²) in [5.74, 6) is 0.0907. The van der Waals surface area contributed by atoms with Crippen molar-refractivity contribution in [1.82, 2.24) is 4.98 Å². The number of carbonyl (C=O) groups excluding carboxylic acids is 2. The van der Waals surface area contributed by atoms with Crippen LogP contribution in [0, 0.1) is 5.92 Å². The maximum absolute atomic E-state index is 11.9. The fourth-order valence-corrected chi connectivity index (χ4v) is 3.70. The van der Waals surface area contributed by atoms with Gasteiger partial charge in [-0.15, -0.1) is 0 Å². The van der Waals surface area contributed by atoms with Gasteiger partial charge in [-0.2, -0.15) is 0 Å². The van der Waals surface area contributed by atoms with Crippen LogP contribution in [0.3, 0.4) is 0 Å². The lowest BCUT2D eigenvalue weighted by atomic mass is 10.1. The summed E-state index contributed by atoms with van der Waals surface area (Å²) in [5.41, 5.74) is 0.793. The molecule has 1 aliphatic carbocycles. The molecule has 1 heterocycles. The molecule has 1 fully saturated rings. The molecule has 1 N–H and O–H groups in total. The fraction of sp³-hybridized carbons (Fsp3) is 0.471. The number of rotatable bonds is 6. The average Bonchev–Trinajstić information content (AvgIpc) is 3.21. The number of carbonyl (C=O) groups is 2. The third-order valence-corrected chi connectivity index (χ3v) is 4.88. The molecule has 2 aromatic rings. The molecule has 1 amide bonds. The predicted molar refractivity (Wildman–Crippen MR) is 92.3 cm³/mol. The Labute approximate surface area is 144 Å². The summed E-state index contributed by atoms with van der Waals surface area (Å²) in [7, 11) is 0. The van der Waals surface area contributed by atoms with Crippen LogP contribution in [-0.4, -0.2) is 30.1 Å². The van der Waals surface area contributed by atoms with Gasteiger partial charge in [-0.25, -0.2) is 4.98 Å². The number of amides is 1. The number of thiazole rings is 1. The molecule has 128 valence electrons. The Morgan fingerprint density at radius 2 is 2.12 bits per heavy atom. The van der Waals surface area contributed by atoms with Gasteiger partial charge in [0.05, 0.1) is 22.7 Å². The van der Waals surface area contributed by atoms with Gasteiger partial charge in [0.15, 0.2) is 11.7 Å². The topological polar surface area (TPSA) is 77.5 Å². The Morgan fingerprint density at radius 1 is 1.33 bits per heavy atom. The Morgan fingerprint density at radius 3 is 2.88 bits per heavy atom. The zero-order valence-electron chi connectivity index (χ0n) is 13.5. The summed E-state index contributed by atoms with van der Waals surface area (Å²) in [6, 6.07) is 5.60. The van der Waals surface area contributed by atoms with Gasteiger partial charge in [0.25, 0.3) is 5.91 Å². The smallest absolute Gasteiger partial charge is 0.309 e. The van der Waals surface area contributed by atoms with Crippen molar-refractivity contribution in [2.75, 3.05) is 18.5 Å². The number of nitrogens with one attached hydrogen (secondary N) is 1. The van der Waals surface area contributed by atoms with Crippen LogP contribution in [0.1, 0.15) is 32.6 Å². The molecule has 1 saturated carbocycles. The quantitative estimate of drug-likeness (QED) is 0.810. The molecule has 0 spiro atoms. The Hall–Kier alpha value is -2.15. The van der Waals surface area contributed by atoms with Crippen LogP contribution in [0.2, 0.25) is 0 Å². The molecule has 1 aromatic heterocycles. The van der Waals surface area contributed by atoms with E-state index >= 15 is 0 Å². The van der Waals surface area contributed by atoms with Crippen LogP contribution in [0.5, 0.6) is 5.75 Å². The molecule has 0 aliphatic heterocycles. The first-order chi connectivity index (χ1) is 11.7. The first kappa shape index (κ1) is 16.7. The second-order valence-electron chi connectivity index (χ2n) is 5.72. The predicted octanol–water partition coefficient (Wildman–Crippen LogP) is 3.37. The lowest BCUT2D eigenvalue weighted by Crippen LogP contribution is -2.23. The SMILES string of the molecule is CCOc1ccc2nc(NC(=O)COC(=O)C3CCCC3)sc2c1. The van der Waals surface area contributed by atoms with E-state index in [1.807, 2.05) is 25.1 Å². The number of hydrogen-bond donors (Lipinski definition) is 1. The third-order valence-electron chi connectivity index (χ3n) is 3.95. The molecule has 1 aliphatic rings. The summed E-state index contributed by atoms with van der Waals surface area (Å²) < 4.78 is 11.5. The number of benzene rings is 1. The van der Waals surface area contributed by atoms with E-state index in [2.05, 4.69) is 10.3 Å². The van der Waals surface area contributed by atoms with E-state index < -0.39 is 0 Å². The molecule has 6 nitrogen and oxygen atoms in total. The highest BCUT2D eigenvalue weighted by Crippen LogP contribution is 2.29. The van der Waals surface area contributed by atoms with Crippen molar-refractivity contribution in [3.63, 3.8) is 0 Å². The maximum atomic E-state index is 11.9. The molecule has 24 heavy (non-hydrogen) atoms. The minimum atomic E-state index is -0.370. The van der Waals surface area contributed by atoms with Crippen molar-refractivity contribution in [1.29, 1.82) is 0 Å². The number of aromatic nitrogens is 1. The van der Waals surface area contributed by atoms with E-state index in [1.165, 1.54) is 11.3 Å². The van der Waals surface area contributed by atoms with Crippen molar-refractivity contribution in [2.45, 2.75) is 32.6 Å².